The van der Waals surface area contributed by atoms with Gasteiger partial charge in [0.15, 0.2) is 0 Å². The fraction of sp³-hybridized carbons (Fsp3) is 0.524. The molecular weight excluding hydrogens is 417 g/mol. The van der Waals surface area contributed by atoms with E-state index in [0.717, 1.165) is 0 Å². The van der Waals surface area contributed by atoms with Crippen molar-refractivity contribution < 1.29 is 29.1 Å². The van der Waals surface area contributed by atoms with Crippen molar-refractivity contribution in [2.24, 2.45) is 5.92 Å². The number of ether oxygens (including phenoxy) is 2. The number of amides is 1. The van der Waals surface area contributed by atoms with Crippen LogP contribution < -0.4 is 16.2 Å². The van der Waals surface area contributed by atoms with Crippen LogP contribution in [0.2, 0.25) is 0 Å². The fourth-order valence-corrected chi connectivity index (χ4v) is 3.02. The highest BCUT2D eigenvalue weighted by atomic mass is 16.6. The van der Waals surface area contributed by atoms with Crippen molar-refractivity contribution in [3.63, 3.8) is 0 Å². The van der Waals surface area contributed by atoms with Crippen molar-refractivity contribution in [3.8, 4) is 0 Å². The molecule has 0 aliphatic carbocycles. The largest absolute Gasteiger partial charge is 0.490 e. The maximum atomic E-state index is 12.9. The van der Waals surface area contributed by atoms with Crippen molar-refractivity contribution in [1.29, 1.82) is 0 Å². The Balaban J connectivity index is 2.56. The molecule has 0 saturated heterocycles. The Bertz CT molecular complexity index is 1040. The molecular formula is C21H30BN3O7. The topological polar surface area (TPSA) is 140 Å². The van der Waals surface area contributed by atoms with Gasteiger partial charge in [-0.1, -0.05) is 13.8 Å². The summed E-state index contributed by atoms with van der Waals surface area (Å²) in [6.45, 7) is 11.0. The number of nitrogens with zero attached hydrogens (tertiary/aromatic N) is 2. The summed E-state index contributed by atoms with van der Waals surface area (Å²) in [5, 5.41) is 21.8. The van der Waals surface area contributed by atoms with Crippen LogP contribution in [0.1, 0.15) is 51.9 Å². The summed E-state index contributed by atoms with van der Waals surface area (Å²) in [5.74, 6) is -0.828. The third kappa shape index (κ3) is 6.30. The molecule has 1 amide bonds. The Kier molecular flexibility index (Phi) is 8.03. The summed E-state index contributed by atoms with van der Waals surface area (Å²) in [4.78, 5) is 41.8. The first kappa shape index (κ1) is 25.3. The van der Waals surface area contributed by atoms with Gasteiger partial charge in [-0.15, -0.1) is 0 Å². The van der Waals surface area contributed by atoms with Crippen LogP contribution in [0, 0.1) is 5.92 Å². The summed E-state index contributed by atoms with van der Waals surface area (Å²) in [5.41, 5.74) is -1.29. The molecule has 0 saturated carbocycles. The van der Waals surface area contributed by atoms with Gasteiger partial charge in [-0.2, -0.15) is 0 Å². The summed E-state index contributed by atoms with van der Waals surface area (Å²) < 4.78 is 11.9. The molecule has 10 nitrogen and oxygen atoms in total. The lowest BCUT2D eigenvalue weighted by Crippen LogP contribution is -2.44. The molecule has 32 heavy (non-hydrogen) atoms. The third-order valence-electron chi connectivity index (χ3n) is 4.63. The van der Waals surface area contributed by atoms with Crippen LogP contribution in [0.25, 0.3) is 11.0 Å². The molecule has 0 bridgehead atoms. The van der Waals surface area contributed by atoms with E-state index >= 15 is 0 Å². The number of fused-ring (bicyclic) bond motifs is 1. The molecule has 0 aromatic carbocycles. The van der Waals surface area contributed by atoms with E-state index < -0.39 is 36.3 Å². The van der Waals surface area contributed by atoms with Crippen LogP contribution in [0.15, 0.2) is 23.3 Å². The van der Waals surface area contributed by atoms with Gasteiger partial charge >= 0.3 is 19.2 Å². The lowest BCUT2D eigenvalue weighted by Gasteiger charge is -2.27. The number of hydrogen-bond donors (Lipinski definition) is 3. The number of carbonyl (C=O) groups excluding carboxylic acids is 2. The van der Waals surface area contributed by atoms with E-state index in [2.05, 4.69) is 10.3 Å². The molecule has 2 aromatic rings. The standard InChI is InChI=1S/C21H30BN3O7/c1-7-31-19(27)15-10-25(11-16(12(2)3)24-20(28)32-21(4,5)6)18-14(17(15)26)8-13(9-23-18)22(29)30/h8-10,12,16,29-30H,7,11H2,1-6H3,(H,24,28). The second kappa shape index (κ2) is 10.1. The van der Waals surface area contributed by atoms with Gasteiger partial charge in [0, 0.05) is 24.4 Å². The van der Waals surface area contributed by atoms with Crippen molar-refractivity contribution >= 4 is 35.7 Å². The Labute approximate surface area is 186 Å². The second-order valence-electron chi connectivity index (χ2n) is 8.75. The normalized spacial score (nSPS) is 12.5. The van der Waals surface area contributed by atoms with E-state index in [4.69, 9.17) is 9.47 Å². The maximum absolute atomic E-state index is 12.9. The minimum atomic E-state index is -1.83. The Morgan fingerprint density at radius 2 is 1.94 bits per heavy atom. The summed E-state index contributed by atoms with van der Waals surface area (Å²) in [7, 11) is -1.83. The van der Waals surface area contributed by atoms with Gasteiger partial charge in [0.1, 0.15) is 16.8 Å². The average molecular weight is 447 g/mol. The number of aromatic nitrogens is 2. The zero-order chi connectivity index (χ0) is 24.2. The number of carbonyl (C=O) groups is 2. The molecule has 0 radical (unpaired) electrons. The Hall–Kier alpha value is -2.92. The predicted molar refractivity (Wildman–Crippen MR) is 120 cm³/mol. The van der Waals surface area contributed by atoms with Gasteiger partial charge in [-0.05, 0) is 39.7 Å². The van der Waals surface area contributed by atoms with Crippen molar-refractivity contribution in [2.45, 2.75) is 59.7 Å². The van der Waals surface area contributed by atoms with E-state index in [9.17, 15) is 24.4 Å². The highest BCUT2D eigenvalue weighted by Crippen LogP contribution is 2.14. The number of alkyl carbamates (subject to hydrolysis) is 1. The van der Waals surface area contributed by atoms with Crippen molar-refractivity contribution in [3.05, 3.63) is 34.2 Å². The van der Waals surface area contributed by atoms with Crippen LogP contribution in [-0.2, 0) is 16.0 Å². The maximum Gasteiger partial charge on any atom is 0.490 e. The molecule has 174 valence electrons. The molecule has 2 heterocycles. The molecule has 0 spiro atoms. The van der Waals surface area contributed by atoms with Crippen LogP contribution in [0.4, 0.5) is 4.79 Å². The zero-order valence-electron chi connectivity index (χ0n) is 19.2. The molecule has 1 atom stereocenters. The van der Waals surface area contributed by atoms with Crippen LogP contribution >= 0.6 is 0 Å². The van der Waals surface area contributed by atoms with Gasteiger partial charge in [0.05, 0.1) is 18.0 Å². The van der Waals surface area contributed by atoms with E-state index in [-0.39, 0.29) is 41.1 Å². The number of pyridine rings is 2. The molecule has 0 fully saturated rings. The van der Waals surface area contributed by atoms with Gasteiger partial charge in [-0.3, -0.25) is 4.79 Å². The molecule has 2 aromatic heterocycles. The SMILES string of the molecule is CCOC(=O)c1cn(CC(NC(=O)OC(C)(C)C)C(C)C)c2ncc(B(O)O)cc2c1=O. The lowest BCUT2D eigenvalue weighted by molar-refractivity contribution is 0.0479. The van der Waals surface area contributed by atoms with E-state index in [1.165, 1.54) is 18.5 Å². The first-order chi connectivity index (χ1) is 14.8. The van der Waals surface area contributed by atoms with Gasteiger partial charge in [-0.25, -0.2) is 14.6 Å². The first-order valence-corrected chi connectivity index (χ1v) is 10.4. The molecule has 0 aliphatic heterocycles. The molecule has 11 heteroatoms. The van der Waals surface area contributed by atoms with Gasteiger partial charge in [0.25, 0.3) is 0 Å². The molecule has 3 N–H and O–H groups in total. The quantitative estimate of drug-likeness (QED) is 0.418. The van der Waals surface area contributed by atoms with E-state index in [1.807, 2.05) is 13.8 Å². The fourth-order valence-electron chi connectivity index (χ4n) is 3.02. The van der Waals surface area contributed by atoms with E-state index in [1.54, 1.807) is 32.3 Å². The zero-order valence-corrected chi connectivity index (χ0v) is 19.2. The summed E-state index contributed by atoms with van der Waals surface area (Å²) in [6.07, 6.45) is 1.99. The number of rotatable bonds is 7. The number of esters is 1. The first-order valence-electron chi connectivity index (χ1n) is 10.4. The molecule has 0 aliphatic rings. The summed E-state index contributed by atoms with van der Waals surface area (Å²) >= 11 is 0. The minimum Gasteiger partial charge on any atom is -0.462 e. The second-order valence-corrected chi connectivity index (χ2v) is 8.75. The smallest absolute Gasteiger partial charge is 0.462 e. The average Bonchev–Trinajstić information content (AvgIpc) is 2.67. The number of hydrogen-bond acceptors (Lipinski definition) is 8. The monoisotopic (exact) mass is 447 g/mol. The molecule has 2 rings (SSSR count). The van der Waals surface area contributed by atoms with Crippen LogP contribution in [0.5, 0.6) is 0 Å². The Morgan fingerprint density at radius 3 is 2.47 bits per heavy atom. The Morgan fingerprint density at radius 1 is 1.28 bits per heavy atom. The van der Waals surface area contributed by atoms with Gasteiger partial charge < -0.3 is 29.4 Å². The number of nitrogens with one attached hydrogen (secondary N) is 1. The highest BCUT2D eigenvalue weighted by molar-refractivity contribution is 6.58. The minimum absolute atomic E-state index is 0.00875. The lowest BCUT2D eigenvalue weighted by atomic mass is 9.81. The third-order valence-corrected chi connectivity index (χ3v) is 4.63. The van der Waals surface area contributed by atoms with Gasteiger partial charge in [0.2, 0.25) is 5.43 Å². The van der Waals surface area contributed by atoms with Crippen LogP contribution in [0.3, 0.4) is 0 Å². The predicted octanol–water partition coefficient (Wildman–Crippen LogP) is 0.802. The van der Waals surface area contributed by atoms with Crippen molar-refractivity contribution in [2.75, 3.05) is 6.61 Å². The van der Waals surface area contributed by atoms with Crippen molar-refractivity contribution in [1.82, 2.24) is 14.9 Å². The molecule has 1 unspecified atom stereocenters. The summed E-state index contributed by atoms with van der Waals surface area (Å²) in [6, 6.07) is 0.857. The van der Waals surface area contributed by atoms with E-state index in [0.29, 0.717) is 0 Å². The highest BCUT2D eigenvalue weighted by Gasteiger charge is 2.25. The van der Waals surface area contributed by atoms with Crippen LogP contribution in [-0.4, -0.2) is 57.0 Å².